The summed E-state index contributed by atoms with van der Waals surface area (Å²) in [5, 5.41) is 3.78. The summed E-state index contributed by atoms with van der Waals surface area (Å²) in [6.45, 7) is 1.47. The topological polar surface area (TPSA) is 12.0 Å². The Morgan fingerprint density at radius 1 is 1.46 bits per heavy atom. The molecule has 1 unspecified atom stereocenters. The maximum absolute atomic E-state index is 13.5. The van der Waals surface area contributed by atoms with Crippen LogP contribution in [0.25, 0.3) is 0 Å². The van der Waals surface area contributed by atoms with E-state index in [0.29, 0.717) is 11.4 Å². The number of alkyl halides is 1. The molecule has 1 heterocycles. The van der Waals surface area contributed by atoms with E-state index in [1.54, 1.807) is 12.1 Å². The van der Waals surface area contributed by atoms with Crippen molar-refractivity contribution in [1.82, 2.24) is 5.32 Å². The van der Waals surface area contributed by atoms with Crippen LogP contribution in [0.2, 0.25) is 5.02 Å². The van der Waals surface area contributed by atoms with E-state index >= 15 is 0 Å². The number of nitrogens with one attached hydrogen (secondary N) is 1. The minimum Gasteiger partial charge on any atom is -0.313 e. The van der Waals surface area contributed by atoms with Gasteiger partial charge >= 0.3 is 0 Å². The molecule has 0 saturated carbocycles. The lowest BCUT2D eigenvalue weighted by molar-refractivity contribution is 0.326. The summed E-state index contributed by atoms with van der Waals surface area (Å²) >= 11 is 5.81. The van der Waals surface area contributed by atoms with Crippen LogP contribution in [0, 0.1) is 0 Å². The summed E-state index contributed by atoms with van der Waals surface area (Å²) in [6.07, 6.45) is -0.337. The van der Waals surface area contributed by atoms with E-state index in [9.17, 15) is 4.39 Å². The summed E-state index contributed by atoms with van der Waals surface area (Å²) in [5.41, 5.74) is 1.77. The van der Waals surface area contributed by atoms with Crippen LogP contribution in [0.5, 0.6) is 0 Å². The van der Waals surface area contributed by atoms with Crippen molar-refractivity contribution < 1.29 is 4.39 Å². The van der Waals surface area contributed by atoms with Crippen LogP contribution < -0.4 is 5.32 Å². The first kappa shape index (κ1) is 8.97. The third kappa shape index (κ3) is 1.84. The number of halogens is 2. The monoisotopic (exact) mass is 199 g/mol. The molecular formula is C10H11ClFN. The quantitative estimate of drug-likeness (QED) is 0.678. The van der Waals surface area contributed by atoms with Crippen LogP contribution in [-0.4, -0.2) is 6.54 Å². The van der Waals surface area contributed by atoms with Crippen molar-refractivity contribution >= 4 is 11.6 Å². The van der Waals surface area contributed by atoms with E-state index in [-0.39, 0.29) is 0 Å². The summed E-state index contributed by atoms with van der Waals surface area (Å²) in [4.78, 5) is 0. The molecule has 2 rings (SSSR count). The fraction of sp³-hybridized carbons (Fsp3) is 0.400. The number of hydrogen-bond acceptors (Lipinski definition) is 1. The maximum atomic E-state index is 13.5. The average molecular weight is 200 g/mol. The van der Waals surface area contributed by atoms with Crippen LogP contribution in [-0.2, 0) is 6.54 Å². The van der Waals surface area contributed by atoms with E-state index in [1.807, 2.05) is 6.07 Å². The van der Waals surface area contributed by atoms with Gasteiger partial charge in [0.05, 0.1) is 0 Å². The molecule has 3 heteroatoms. The van der Waals surface area contributed by atoms with Gasteiger partial charge in [0, 0.05) is 11.6 Å². The van der Waals surface area contributed by atoms with Gasteiger partial charge in [0.25, 0.3) is 0 Å². The minimum absolute atomic E-state index is 0.535. The molecule has 0 fully saturated rings. The first-order chi connectivity index (χ1) is 6.27. The van der Waals surface area contributed by atoms with Crippen molar-refractivity contribution in [2.75, 3.05) is 6.54 Å². The third-order valence-electron chi connectivity index (χ3n) is 2.34. The first-order valence-electron chi connectivity index (χ1n) is 4.40. The van der Waals surface area contributed by atoms with Crippen molar-refractivity contribution in [2.24, 2.45) is 0 Å². The van der Waals surface area contributed by atoms with Gasteiger partial charge in [-0.05, 0) is 36.2 Å². The number of hydrogen-bond donors (Lipinski definition) is 1. The number of benzene rings is 1. The zero-order valence-corrected chi connectivity index (χ0v) is 7.94. The molecule has 0 spiro atoms. The fourth-order valence-corrected chi connectivity index (χ4v) is 1.81. The van der Waals surface area contributed by atoms with E-state index in [4.69, 9.17) is 11.6 Å². The Balaban J connectivity index is 2.43. The molecule has 0 saturated heterocycles. The Bertz CT molecular complexity index is 314. The summed E-state index contributed by atoms with van der Waals surface area (Å²) in [7, 11) is 0. The maximum Gasteiger partial charge on any atom is 0.127 e. The largest absolute Gasteiger partial charge is 0.313 e. The Morgan fingerprint density at radius 3 is 3.15 bits per heavy atom. The van der Waals surface area contributed by atoms with Gasteiger partial charge in [-0.25, -0.2) is 4.39 Å². The van der Waals surface area contributed by atoms with Crippen molar-refractivity contribution in [3.05, 3.63) is 34.3 Å². The van der Waals surface area contributed by atoms with E-state index in [1.165, 1.54) is 0 Å². The molecular weight excluding hydrogens is 189 g/mol. The highest BCUT2D eigenvalue weighted by Gasteiger charge is 2.17. The zero-order chi connectivity index (χ0) is 9.26. The second-order valence-electron chi connectivity index (χ2n) is 3.28. The van der Waals surface area contributed by atoms with Gasteiger partial charge in [-0.15, -0.1) is 0 Å². The lowest BCUT2D eigenvalue weighted by Crippen LogP contribution is -2.11. The summed E-state index contributed by atoms with van der Waals surface area (Å²) < 4.78 is 13.5. The van der Waals surface area contributed by atoms with Gasteiger partial charge in [0.15, 0.2) is 0 Å². The Hall–Kier alpha value is -0.600. The molecule has 1 aromatic carbocycles. The Morgan fingerprint density at radius 2 is 2.31 bits per heavy atom. The molecule has 1 atom stereocenters. The lowest BCUT2D eigenvalue weighted by atomic mass is 10.0. The van der Waals surface area contributed by atoms with Crippen molar-refractivity contribution in [1.29, 1.82) is 0 Å². The van der Waals surface area contributed by atoms with Crippen LogP contribution in [0.3, 0.4) is 0 Å². The van der Waals surface area contributed by atoms with Crippen LogP contribution in [0.15, 0.2) is 18.2 Å². The molecule has 1 nitrogen and oxygen atoms in total. The summed E-state index contributed by atoms with van der Waals surface area (Å²) in [5.74, 6) is 0. The molecule has 0 bridgehead atoms. The highest BCUT2D eigenvalue weighted by Crippen LogP contribution is 2.28. The molecule has 0 aromatic heterocycles. The normalized spacial score (nSPS) is 22.2. The van der Waals surface area contributed by atoms with Crippen molar-refractivity contribution in [2.45, 2.75) is 19.1 Å². The molecule has 0 radical (unpaired) electrons. The zero-order valence-electron chi connectivity index (χ0n) is 7.19. The molecule has 70 valence electrons. The lowest BCUT2D eigenvalue weighted by Gasteiger charge is -2.08. The Labute approximate surface area is 81.9 Å². The molecule has 1 aliphatic heterocycles. The molecule has 1 aliphatic rings. The van der Waals surface area contributed by atoms with Gasteiger partial charge in [-0.2, -0.15) is 0 Å². The van der Waals surface area contributed by atoms with Gasteiger partial charge in [0.1, 0.15) is 6.17 Å². The average Bonchev–Trinajstić information content (AvgIpc) is 2.29. The third-order valence-corrected chi connectivity index (χ3v) is 2.57. The van der Waals surface area contributed by atoms with Crippen LogP contribution in [0.1, 0.15) is 23.7 Å². The van der Waals surface area contributed by atoms with Gasteiger partial charge < -0.3 is 5.32 Å². The Kier molecular flexibility index (Phi) is 2.51. The van der Waals surface area contributed by atoms with Gasteiger partial charge in [0.2, 0.25) is 0 Å². The molecule has 0 aliphatic carbocycles. The number of fused-ring (bicyclic) bond motifs is 1. The molecule has 1 aromatic rings. The summed E-state index contributed by atoms with van der Waals surface area (Å²) in [6, 6.07) is 5.43. The second-order valence-corrected chi connectivity index (χ2v) is 3.71. The van der Waals surface area contributed by atoms with Gasteiger partial charge in [-0.3, -0.25) is 0 Å². The standard InChI is InChI=1S/C10H11ClFN/c11-8-2-1-7-6-13-4-3-10(12)9(7)5-8/h1-2,5,10,13H,3-4,6H2. The van der Waals surface area contributed by atoms with Crippen LogP contribution >= 0.6 is 11.6 Å². The predicted molar refractivity (Wildman–Crippen MR) is 51.6 cm³/mol. The highest BCUT2D eigenvalue weighted by atomic mass is 35.5. The predicted octanol–water partition coefficient (Wildman–Crippen LogP) is 2.84. The molecule has 13 heavy (non-hydrogen) atoms. The molecule has 1 N–H and O–H groups in total. The minimum atomic E-state index is -0.872. The smallest absolute Gasteiger partial charge is 0.127 e. The van der Waals surface area contributed by atoms with Crippen molar-refractivity contribution in [3.8, 4) is 0 Å². The van der Waals surface area contributed by atoms with Crippen molar-refractivity contribution in [3.63, 3.8) is 0 Å². The van der Waals surface area contributed by atoms with Crippen LogP contribution in [0.4, 0.5) is 4.39 Å². The van der Waals surface area contributed by atoms with Gasteiger partial charge in [-0.1, -0.05) is 17.7 Å². The second kappa shape index (κ2) is 3.64. The number of rotatable bonds is 0. The highest BCUT2D eigenvalue weighted by molar-refractivity contribution is 6.30. The first-order valence-corrected chi connectivity index (χ1v) is 4.78. The van der Waals surface area contributed by atoms with E-state index < -0.39 is 6.17 Å². The fourth-order valence-electron chi connectivity index (χ4n) is 1.63. The van der Waals surface area contributed by atoms with E-state index in [2.05, 4.69) is 5.32 Å². The SMILES string of the molecule is FC1CCNCc2ccc(Cl)cc21. The molecule has 0 amide bonds. The van der Waals surface area contributed by atoms with E-state index in [0.717, 1.165) is 24.2 Å².